The monoisotopic (exact) mass is 368 g/mol. The Morgan fingerprint density at radius 2 is 2.04 bits per heavy atom. The van der Waals surface area contributed by atoms with Crippen LogP contribution < -0.4 is 5.32 Å². The van der Waals surface area contributed by atoms with Crippen molar-refractivity contribution in [3.8, 4) is 0 Å². The first kappa shape index (κ1) is 16.6. The van der Waals surface area contributed by atoms with Crippen molar-refractivity contribution in [2.45, 2.75) is 38.3 Å². The lowest BCUT2D eigenvalue weighted by Crippen LogP contribution is -2.41. The van der Waals surface area contributed by atoms with Gasteiger partial charge >= 0.3 is 6.03 Å². The molecule has 0 atom stereocenters. The zero-order chi connectivity index (χ0) is 16.2. The van der Waals surface area contributed by atoms with E-state index in [1.54, 1.807) is 29.5 Å². The van der Waals surface area contributed by atoms with Gasteiger partial charge in [-0.3, -0.25) is 0 Å². The van der Waals surface area contributed by atoms with E-state index < -0.39 is 0 Å². The third kappa shape index (κ3) is 4.19. The summed E-state index contributed by atoms with van der Waals surface area (Å²) in [6.07, 6.45) is 4.49. The Kier molecular flexibility index (Phi) is 5.46. The van der Waals surface area contributed by atoms with Gasteiger partial charge in [-0.15, -0.1) is 11.3 Å². The minimum Gasteiger partial charge on any atom is -0.316 e. The summed E-state index contributed by atoms with van der Waals surface area (Å²) in [7, 11) is 0. The van der Waals surface area contributed by atoms with Crippen LogP contribution >= 0.6 is 34.5 Å². The van der Waals surface area contributed by atoms with Crippen LogP contribution in [-0.2, 0) is 6.54 Å². The molecule has 3 rings (SSSR count). The molecule has 1 aliphatic rings. The predicted molar refractivity (Wildman–Crippen MR) is 97.6 cm³/mol. The Morgan fingerprint density at radius 1 is 1.26 bits per heavy atom. The first-order chi connectivity index (χ1) is 11.1. The van der Waals surface area contributed by atoms with E-state index in [9.17, 15) is 4.79 Å². The number of carbonyl (C=O) groups is 1. The standard InChI is InChI=1S/C17H18Cl2N2OS/c18-12-7-8-16(15(19)10-12)20-17(22)21(13-4-1-2-5-13)11-14-6-3-9-23-14/h3,6-10,13H,1-2,4-5,11H2,(H,20,22). The van der Waals surface area contributed by atoms with E-state index in [1.807, 2.05) is 16.3 Å². The maximum atomic E-state index is 12.8. The molecule has 0 aliphatic heterocycles. The van der Waals surface area contributed by atoms with Crippen LogP contribution in [0.4, 0.5) is 10.5 Å². The van der Waals surface area contributed by atoms with Crippen LogP contribution in [0.5, 0.6) is 0 Å². The highest BCUT2D eigenvalue weighted by Crippen LogP contribution is 2.29. The minimum absolute atomic E-state index is 0.102. The fraction of sp³-hybridized carbons (Fsp3) is 0.353. The van der Waals surface area contributed by atoms with Gasteiger partial charge < -0.3 is 10.2 Å². The number of thiophene rings is 1. The number of hydrogen-bond acceptors (Lipinski definition) is 2. The van der Waals surface area contributed by atoms with Crippen LogP contribution in [-0.4, -0.2) is 17.0 Å². The third-order valence-electron chi connectivity index (χ3n) is 4.11. The van der Waals surface area contributed by atoms with Gasteiger partial charge in [0.05, 0.1) is 17.3 Å². The van der Waals surface area contributed by atoms with Crippen molar-refractivity contribution >= 4 is 46.3 Å². The molecule has 1 fully saturated rings. The molecule has 1 aromatic carbocycles. The fourth-order valence-electron chi connectivity index (χ4n) is 2.93. The van der Waals surface area contributed by atoms with Gasteiger partial charge in [-0.05, 0) is 42.5 Å². The Morgan fingerprint density at radius 3 is 2.70 bits per heavy atom. The van der Waals surface area contributed by atoms with E-state index >= 15 is 0 Å². The summed E-state index contributed by atoms with van der Waals surface area (Å²) in [4.78, 5) is 15.9. The Balaban J connectivity index is 1.76. The van der Waals surface area contributed by atoms with Crippen molar-refractivity contribution in [1.82, 2.24) is 4.90 Å². The first-order valence-corrected chi connectivity index (χ1v) is 9.32. The highest BCUT2D eigenvalue weighted by Gasteiger charge is 2.27. The molecule has 3 nitrogen and oxygen atoms in total. The van der Waals surface area contributed by atoms with E-state index in [1.165, 1.54) is 17.7 Å². The summed E-state index contributed by atoms with van der Waals surface area (Å²) < 4.78 is 0. The molecule has 1 aliphatic carbocycles. The molecule has 1 aromatic heterocycles. The van der Waals surface area contributed by atoms with Gasteiger partial charge in [0.25, 0.3) is 0 Å². The minimum atomic E-state index is -0.102. The van der Waals surface area contributed by atoms with Crippen LogP contribution in [0.25, 0.3) is 0 Å². The lowest BCUT2D eigenvalue weighted by Gasteiger charge is -2.29. The van der Waals surface area contributed by atoms with Crippen LogP contribution in [0.15, 0.2) is 35.7 Å². The number of nitrogens with zero attached hydrogens (tertiary/aromatic N) is 1. The number of anilines is 1. The number of amides is 2. The molecule has 1 heterocycles. The molecule has 6 heteroatoms. The van der Waals surface area contributed by atoms with Crippen molar-refractivity contribution in [3.63, 3.8) is 0 Å². The highest BCUT2D eigenvalue weighted by atomic mass is 35.5. The number of nitrogens with one attached hydrogen (secondary N) is 1. The zero-order valence-electron chi connectivity index (χ0n) is 12.6. The summed E-state index contributed by atoms with van der Waals surface area (Å²) in [5, 5.41) is 5.97. The highest BCUT2D eigenvalue weighted by molar-refractivity contribution is 7.09. The molecular formula is C17H18Cl2N2OS. The van der Waals surface area contributed by atoms with Gasteiger partial charge in [-0.25, -0.2) is 4.79 Å². The van der Waals surface area contributed by atoms with E-state index in [0.717, 1.165) is 12.8 Å². The second-order valence-electron chi connectivity index (χ2n) is 5.70. The molecule has 0 spiro atoms. The molecule has 122 valence electrons. The van der Waals surface area contributed by atoms with Crippen LogP contribution in [0, 0.1) is 0 Å². The second kappa shape index (κ2) is 7.56. The molecule has 1 saturated carbocycles. The van der Waals surface area contributed by atoms with E-state index in [2.05, 4.69) is 11.4 Å². The van der Waals surface area contributed by atoms with Crippen LogP contribution in [0.3, 0.4) is 0 Å². The smallest absolute Gasteiger partial charge is 0.316 e. The quantitative estimate of drug-likeness (QED) is 0.701. The summed E-state index contributed by atoms with van der Waals surface area (Å²) >= 11 is 13.7. The molecule has 2 amide bonds. The average molecular weight is 369 g/mol. The van der Waals surface area contributed by atoms with Crippen LogP contribution in [0.1, 0.15) is 30.6 Å². The van der Waals surface area contributed by atoms with Crippen molar-refractivity contribution in [2.75, 3.05) is 5.32 Å². The van der Waals surface area contributed by atoms with Gasteiger partial charge in [0.2, 0.25) is 0 Å². The summed E-state index contributed by atoms with van der Waals surface area (Å²) in [6.45, 7) is 0.638. The summed E-state index contributed by atoms with van der Waals surface area (Å²) in [5.74, 6) is 0. The molecule has 0 unspecified atom stereocenters. The van der Waals surface area contributed by atoms with Crippen LogP contribution in [0.2, 0.25) is 10.0 Å². The fourth-order valence-corrected chi connectivity index (χ4v) is 4.09. The number of urea groups is 1. The molecule has 23 heavy (non-hydrogen) atoms. The largest absolute Gasteiger partial charge is 0.322 e. The molecule has 0 bridgehead atoms. The SMILES string of the molecule is O=C(Nc1ccc(Cl)cc1Cl)N(Cc1cccs1)C1CCCC1. The van der Waals surface area contributed by atoms with E-state index in [4.69, 9.17) is 23.2 Å². The van der Waals surface area contributed by atoms with Gasteiger partial charge in [-0.2, -0.15) is 0 Å². The first-order valence-electron chi connectivity index (χ1n) is 7.68. The second-order valence-corrected chi connectivity index (χ2v) is 7.58. The molecule has 0 radical (unpaired) electrons. The Hall–Kier alpha value is -1.23. The van der Waals surface area contributed by atoms with Crippen molar-refractivity contribution in [2.24, 2.45) is 0 Å². The van der Waals surface area contributed by atoms with E-state index in [-0.39, 0.29) is 6.03 Å². The maximum absolute atomic E-state index is 12.8. The number of halogens is 2. The lowest BCUT2D eigenvalue weighted by atomic mass is 10.2. The van der Waals surface area contributed by atoms with Crippen molar-refractivity contribution in [1.29, 1.82) is 0 Å². The summed E-state index contributed by atoms with van der Waals surface area (Å²) in [5.41, 5.74) is 0.593. The maximum Gasteiger partial charge on any atom is 0.322 e. The normalized spacial score (nSPS) is 14.9. The summed E-state index contributed by atoms with van der Waals surface area (Å²) in [6, 6.07) is 9.37. The predicted octanol–water partition coefficient (Wildman–Crippen LogP) is 6.03. The molecule has 1 N–H and O–H groups in total. The lowest BCUT2D eigenvalue weighted by molar-refractivity contribution is 0.185. The average Bonchev–Trinajstić information content (AvgIpc) is 3.20. The number of benzene rings is 1. The Bertz CT molecular complexity index is 669. The van der Waals surface area contributed by atoms with E-state index in [0.29, 0.717) is 28.3 Å². The van der Waals surface area contributed by atoms with Crippen molar-refractivity contribution < 1.29 is 4.79 Å². The van der Waals surface area contributed by atoms with Gasteiger partial charge in [0, 0.05) is 15.9 Å². The molecule has 2 aromatic rings. The third-order valence-corrected chi connectivity index (χ3v) is 5.51. The van der Waals surface area contributed by atoms with Gasteiger partial charge in [0.1, 0.15) is 0 Å². The number of carbonyl (C=O) groups excluding carboxylic acids is 1. The number of hydrogen-bond donors (Lipinski definition) is 1. The van der Waals surface area contributed by atoms with Gasteiger partial charge in [0.15, 0.2) is 0 Å². The number of rotatable bonds is 4. The van der Waals surface area contributed by atoms with Gasteiger partial charge in [-0.1, -0.05) is 42.1 Å². The zero-order valence-corrected chi connectivity index (χ0v) is 14.9. The van der Waals surface area contributed by atoms with Crippen molar-refractivity contribution in [3.05, 3.63) is 50.6 Å². The topological polar surface area (TPSA) is 32.3 Å². The molecule has 0 saturated heterocycles. The molecular weight excluding hydrogens is 351 g/mol. The Labute approximate surface area is 150 Å².